The number of aromatic nitrogens is 2. The highest BCUT2D eigenvalue weighted by atomic mass is 15.1. The minimum Gasteiger partial charge on any atom is -0.370 e. The van der Waals surface area contributed by atoms with E-state index in [0.717, 1.165) is 36.8 Å². The zero-order valence-corrected chi connectivity index (χ0v) is 12.5. The van der Waals surface area contributed by atoms with E-state index < -0.39 is 0 Å². The van der Waals surface area contributed by atoms with Crippen molar-refractivity contribution in [2.45, 2.75) is 46.1 Å². The molecule has 18 heavy (non-hydrogen) atoms. The standard InChI is InChI=1S/C14H26N4/c1-7-8-15-12-9-11(14(2,3)4)16-13(17-12)10-18(5)6/h9H,7-8,10H2,1-6H3,(H,15,16,17). The van der Waals surface area contributed by atoms with Crippen LogP contribution in [0, 0.1) is 0 Å². The Morgan fingerprint density at radius 3 is 2.39 bits per heavy atom. The second-order valence-electron chi connectivity index (χ2n) is 5.97. The lowest BCUT2D eigenvalue weighted by Crippen LogP contribution is -2.20. The van der Waals surface area contributed by atoms with Crippen LogP contribution in [-0.2, 0) is 12.0 Å². The lowest BCUT2D eigenvalue weighted by atomic mass is 9.92. The van der Waals surface area contributed by atoms with Gasteiger partial charge in [0.2, 0.25) is 0 Å². The van der Waals surface area contributed by atoms with E-state index in [2.05, 4.69) is 53.9 Å². The Morgan fingerprint density at radius 2 is 1.89 bits per heavy atom. The molecule has 1 heterocycles. The molecule has 1 N–H and O–H groups in total. The first-order valence-corrected chi connectivity index (χ1v) is 6.60. The average molecular weight is 250 g/mol. The molecule has 0 atom stereocenters. The summed E-state index contributed by atoms with van der Waals surface area (Å²) < 4.78 is 0. The highest BCUT2D eigenvalue weighted by molar-refractivity contribution is 5.38. The van der Waals surface area contributed by atoms with Gasteiger partial charge in [0, 0.05) is 18.0 Å². The number of hydrogen-bond acceptors (Lipinski definition) is 4. The minimum absolute atomic E-state index is 0.0483. The summed E-state index contributed by atoms with van der Waals surface area (Å²) in [5.74, 6) is 1.82. The van der Waals surface area contributed by atoms with Gasteiger partial charge in [-0.1, -0.05) is 27.7 Å². The van der Waals surface area contributed by atoms with Crippen LogP contribution in [0.1, 0.15) is 45.6 Å². The minimum atomic E-state index is 0.0483. The molecule has 1 aromatic heterocycles. The van der Waals surface area contributed by atoms with Crippen LogP contribution in [0.4, 0.5) is 5.82 Å². The zero-order chi connectivity index (χ0) is 13.8. The van der Waals surface area contributed by atoms with Crippen LogP contribution >= 0.6 is 0 Å². The third kappa shape index (κ3) is 4.61. The molecule has 1 aromatic rings. The number of rotatable bonds is 5. The largest absolute Gasteiger partial charge is 0.370 e. The second kappa shape index (κ2) is 6.14. The Morgan fingerprint density at radius 1 is 1.22 bits per heavy atom. The van der Waals surface area contributed by atoms with E-state index in [-0.39, 0.29) is 5.41 Å². The van der Waals surface area contributed by atoms with E-state index in [4.69, 9.17) is 0 Å². The van der Waals surface area contributed by atoms with Gasteiger partial charge in [-0.05, 0) is 20.5 Å². The Bertz CT molecular complexity index is 380. The van der Waals surface area contributed by atoms with E-state index >= 15 is 0 Å². The van der Waals surface area contributed by atoms with Gasteiger partial charge in [-0.15, -0.1) is 0 Å². The van der Waals surface area contributed by atoms with Crippen molar-refractivity contribution in [1.82, 2.24) is 14.9 Å². The van der Waals surface area contributed by atoms with Gasteiger partial charge in [-0.2, -0.15) is 0 Å². The monoisotopic (exact) mass is 250 g/mol. The van der Waals surface area contributed by atoms with Crippen molar-refractivity contribution >= 4 is 5.82 Å². The second-order valence-corrected chi connectivity index (χ2v) is 5.97. The van der Waals surface area contributed by atoms with Crippen molar-refractivity contribution < 1.29 is 0 Å². The Kier molecular flexibility index (Phi) is 5.08. The smallest absolute Gasteiger partial charge is 0.144 e. The van der Waals surface area contributed by atoms with Crippen LogP contribution in [0.2, 0.25) is 0 Å². The number of anilines is 1. The summed E-state index contributed by atoms with van der Waals surface area (Å²) >= 11 is 0. The topological polar surface area (TPSA) is 41.1 Å². The molecule has 4 heteroatoms. The molecule has 0 aliphatic carbocycles. The van der Waals surface area contributed by atoms with E-state index in [1.165, 1.54) is 0 Å². The highest BCUT2D eigenvalue weighted by Crippen LogP contribution is 2.22. The third-order valence-corrected chi connectivity index (χ3v) is 2.55. The molecule has 0 aliphatic heterocycles. The number of nitrogens with zero attached hydrogens (tertiary/aromatic N) is 3. The van der Waals surface area contributed by atoms with Crippen molar-refractivity contribution in [3.63, 3.8) is 0 Å². The number of hydrogen-bond donors (Lipinski definition) is 1. The van der Waals surface area contributed by atoms with Gasteiger partial charge in [0.1, 0.15) is 11.6 Å². The summed E-state index contributed by atoms with van der Waals surface area (Å²) in [4.78, 5) is 11.3. The van der Waals surface area contributed by atoms with Crippen LogP contribution in [0.3, 0.4) is 0 Å². The molecular formula is C14H26N4. The van der Waals surface area contributed by atoms with Gasteiger partial charge in [0.15, 0.2) is 0 Å². The molecule has 0 fully saturated rings. The Hall–Kier alpha value is -1.16. The normalized spacial score (nSPS) is 11.9. The summed E-state index contributed by atoms with van der Waals surface area (Å²) in [5, 5.41) is 3.35. The quantitative estimate of drug-likeness (QED) is 0.872. The average Bonchev–Trinajstić information content (AvgIpc) is 2.24. The first-order valence-electron chi connectivity index (χ1n) is 6.60. The molecule has 0 saturated heterocycles. The van der Waals surface area contributed by atoms with Crippen LogP contribution in [0.25, 0.3) is 0 Å². The molecule has 4 nitrogen and oxygen atoms in total. The molecule has 0 unspecified atom stereocenters. The first kappa shape index (κ1) is 14.9. The molecule has 0 aromatic carbocycles. The molecule has 0 bridgehead atoms. The summed E-state index contributed by atoms with van der Waals surface area (Å²) in [7, 11) is 4.07. The van der Waals surface area contributed by atoms with Gasteiger partial charge in [-0.3, -0.25) is 0 Å². The molecule has 0 spiro atoms. The molecule has 1 rings (SSSR count). The van der Waals surface area contributed by atoms with Gasteiger partial charge < -0.3 is 10.2 Å². The maximum Gasteiger partial charge on any atom is 0.144 e. The first-order chi connectivity index (χ1) is 8.32. The molecule has 0 radical (unpaired) electrons. The number of nitrogens with one attached hydrogen (secondary N) is 1. The summed E-state index contributed by atoms with van der Waals surface area (Å²) in [6, 6.07) is 2.06. The van der Waals surface area contributed by atoms with Gasteiger partial charge in [0.25, 0.3) is 0 Å². The maximum atomic E-state index is 4.66. The molecule has 0 aliphatic rings. The SMILES string of the molecule is CCCNc1cc(C(C)(C)C)nc(CN(C)C)n1. The van der Waals surface area contributed by atoms with E-state index in [9.17, 15) is 0 Å². The molecule has 0 saturated carbocycles. The Balaban J connectivity index is 3.03. The predicted molar refractivity (Wildman–Crippen MR) is 76.9 cm³/mol. The van der Waals surface area contributed by atoms with Crippen molar-refractivity contribution in [1.29, 1.82) is 0 Å². The van der Waals surface area contributed by atoms with Gasteiger partial charge in [-0.25, -0.2) is 9.97 Å². The zero-order valence-electron chi connectivity index (χ0n) is 12.5. The van der Waals surface area contributed by atoms with Crippen molar-refractivity contribution in [2.24, 2.45) is 0 Å². The molecular weight excluding hydrogens is 224 g/mol. The maximum absolute atomic E-state index is 4.66. The van der Waals surface area contributed by atoms with Crippen LogP contribution in [-0.4, -0.2) is 35.5 Å². The van der Waals surface area contributed by atoms with E-state index in [1.54, 1.807) is 0 Å². The summed E-state index contributed by atoms with van der Waals surface area (Å²) in [5.41, 5.74) is 1.14. The lowest BCUT2D eigenvalue weighted by Gasteiger charge is -2.20. The molecule has 102 valence electrons. The fraction of sp³-hybridized carbons (Fsp3) is 0.714. The van der Waals surface area contributed by atoms with Crippen molar-refractivity contribution in [3.05, 3.63) is 17.6 Å². The van der Waals surface area contributed by atoms with E-state index in [1.807, 2.05) is 14.1 Å². The van der Waals surface area contributed by atoms with Crippen LogP contribution in [0.15, 0.2) is 6.07 Å². The van der Waals surface area contributed by atoms with Crippen molar-refractivity contribution in [3.8, 4) is 0 Å². The highest BCUT2D eigenvalue weighted by Gasteiger charge is 2.18. The van der Waals surface area contributed by atoms with Crippen molar-refractivity contribution in [2.75, 3.05) is 26.0 Å². The van der Waals surface area contributed by atoms with E-state index in [0.29, 0.717) is 0 Å². The van der Waals surface area contributed by atoms with Crippen LogP contribution in [0.5, 0.6) is 0 Å². The van der Waals surface area contributed by atoms with Gasteiger partial charge in [0.05, 0.1) is 12.2 Å². The Labute approximate surface area is 111 Å². The summed E-state index contributed by atoms with van der Waals surface area (Å²) in [6.45, 7) is 10.4. The fourth-order valence-electron chi connectivity index (χ4n) is 1.58. The molecule has 0 amide bonds. The third-order valence-electron chi connectivity index (χ3n) is 2.55. The predicted octanol–water partition coefficient (Wildman–Crippen LogP) is 2.66. The lowest BCUT2D eigenvalue weighted by molar-refractivity contribution is 0.388. The summed E-state index contributed by atoms with van der Waals surface area (Å²) in [6.07, 6.45) is 1.10. The fourth-order valence-corrected chi connectivity index (χ4v) is 1.58. The van der Waals surface area contributed by atoms with Gasteiger partial charge >= 0.3 is 0 Å². The van der Waals surface area contributed by atoms with Crippen LogP contribution < -0.4 is 5.32 Å².